The summed E-state index contributed by atoms with van der Waals surface area (Å²) in [5, 5.41) is 5.33. The van der Waals surface area contributed by atoms with E-state index in [-0.39, 0.29) is 10.8 Å². The van der Waals surface area contributed by atoms with Crippen molar-refractivity contribution < 1.29 is 4.58 Å². The van der Waals surface area contributed by atoms with Crippen LogP contribution in [-0.2, 0) is 10.8 Å². The predicted molar refractivity (Wildman–Crippen MR) is 230 cm³/mol. The molecule has 0 fully saturated rings. The summed E-state index contributed by atoms with van der Waals surface area (Å²) in [6.45, 7) is 16.3. The van der Waals surface area contributed by atoms with Gasteiger partial charge in [0.25, 0.3) is 0 Å². The predicted octanol–water partition coefficient (Wildman–Crippen LogP) is 13.6. The van der Waals surface area contributed by atoms with Crippen molar-refractivity contribution in [2.24, 2.45) is 0 Å². The van der Waals surface area contributed by atoms with Crippen molar-refractivity contribution in [3.8, 4) is 0 Å². The Morgan fingerprint density at radius 2 is 1.36 bits per heavy atom. The molecule has 5 aromatic carbocycles. The first-order chi connectivity index (χ1) is 25.7. The number of allylic oxidation sites excluding steroid dienone is 7. The average molecular weight is 714 g/mol. The van der Waals surface area contributed by atoms with Crippen LogP contribution in [0.5, 0.6) is 0 Å². The Bertz CT molecular complexity index is 2370. The van der Waals surface area contributed by atoms with E-state index in [1.54, 1.807) is 0 Å². The lowest BCUT2D eigenvalue weighted by Gasteiger charge is -2.27. The molecule has 2 heterocycles. The monoisotopic (exact) mass is 713 g/mol. The van der Waals surface area contributed by atoms with Crippen LogP contribution in [0, 0.1) is 0 Å². The summed E-state index contributed by atoms with van der Waals surface area (Å²) in [5.74, 6) is 0. The zero-order valence-corrected chi connectivity index (χ0v) is 33.2. The standard InChI is InChI=1S/C50H53N2S/c1-7-33-51-44(49(3,4)42-29-25-35-17-12-14-23-40(35)46(42)51)31-27-37-19-16-20-38(48(37)53-39-21-10-9-11-22-39)28-32-45-50(5,6)43-30-26-36-18-13-15-24-41(36)47(43)52(45)34-8-2/h9-15,17-18,21-32H,7-8,16,19-20,33-34H2,1-6H3/q+1. The Balaban J connectivity index is 1.25. The third kappa shape index (κ3) is 6.21. The lowest BCUT2D eigenvalue weighted by molar-refractivity contribution is -0.436. The number of benzene rings is 5. The number of nitrogens with zero attached hydrogens (tertiary/aromatic N) is 2. The minimum atomic E-state index is -0.0912. The molecule has 268 valence electrons. The Morgan fingerprint density at radius 1 is 0.679 bits per heavy atom. The molecule has 0 N–H and O–H groups in total. The molecule has 0 bridgehead atoms. The SMILES string of the molecule is CCCN1C(=CC=C2CCCC(C=CC3=[N+](CCC)c4c(ccc5ccccc45)C3(C)C)=C2Sc2ccccc2)C(C)(C)c2ccc3ccccc3c21. The van der Waals surface area contributed by atoms with Gasteiger partial charge in [-0.1, -0.05) is 137 Å². The van der Waals surface area contributed by atoms with Gasteiger partial charge in [0.1, 0.15) is 6.54 Å². The highest BCUT2D eigenvalue weighted by Gasteiger charge is 2.45. The second kappa shape index (κ2) is 14.3. The van der Waals surface area contributed by atoms with Crippen molar-refractivity contribution in [3.63, 3.8) is 0 Å². The van der Waals surface area contributed by atoms with E-state index >= 15 is 0 Å². The van der Waals surface area contributed by atoms with E-state index in [0.717, 1.165) is 45.2 Å². The van der Waals surface area contributed by atoms with Crippen LogP contribution in [0.3, 0.4) is 0 Å². The van der Waals surface area contributed by atoms with Crippen LogP contribution in [0.1, 0.15) is 84.8 Å². The zero-order valence-electron chi connectivity index (χ0n) is 32.4. The van der Waals surface area contributed by atoms with Crippen molar-refractivity contribution in [1.29, 1.82) is 0 Å². The molecule has 2 nitrogen and oxygen atoms in total. The molecule has 0 spiro atoms. The second-order valence-electron chi connectivity index (χ2n) is 16.0. The summed E-state index contributed by atoms with van der Waals surface area (Å²) >= 11 is 1.94. The zero-order chi connectivity index (χ0) is 36.7. The number of anilines is 1. The van der Waals surface area contributed by atoms with Gasteiger partial charge in [-0.3, -0.25) is 0 Å². The number of fused-ring (bicyclic) bond motifs is 6. The molecule has 2 aliphatic heterocycles. The number of hydrogen-bond acceptors (Lipinski definition) is 2. The molecule has 0 atom stereocenters. The molecule has 0 radical (unpaired) electrons. The molecule has 3 aliphatic rings. The van der Waals surface area contributed by atoms with E-state index in [0.29, 0.717) is 0 Å². The maximum absolute atomic E-state index is 2.62. The smallest absolute Gasteiger partial charge is 0.217 e. The molecule has 1 aliphatic carbocycles. The van der Waals surface area contributed by atoms with Crippen LogP contribution in [0.2, 0.25) is 0 Å². The van der Waals surface area contributed by atoms with E-state index < -0.39 is 0 Å². The van der Waals surface area contributed by atoms with Crippen molar-refractivity contribution in [3.05, 3.63) is 160 Å². The first-order valence-corrected chi connectivity index (χ1v) is 20.6. The minimum absolute atomic E-state index is 0.0912. The third-order valence-corrected chi connectivity index (χ3v) is 13.0. The molecular weight excluding hydrogens is 661 g/mol. The first-order valence-electron chi connectivity index (χ1n) is 19.8. The van der Waals surface area contributed by atoms with E-state index in [4.69, 9.17) is 0 Å². The van der Waals surface area contributed by atoms with E-state index in [1.165, 1.54) is 76.4 Å². The van der Waals surface area contributed by atoms with Crippen LogP contribution in [0.25, 0.3) is 21.5 Å². The largest absolute Gasteiger partial charge is 0.343 e. The first kappa shape index (κ1) is 35.4. The quantitative estimate of drug-likeness (QED) is 0.140. The van der Waals surface area contributed by atoms with Gasteiger partial charge in [-0.05, 0) is 91.3 Å². The Labute approximate surface area is 321 Å². The third-order valence-electron chi connectivity index (χ3n) is 11.8. The molecule has 0 saturated carbocycles. The van der Waals surface area contributed by atoms with Crippen molar-refractivity contribution in [2.45, 2.75) is 89.4 Å². The van der Waals surface area contributed by atoms with Gasteiger partial charge in [0.15, 0.2) is 5.71 Å². The Morgan fingerprint density at radius 3 is 2.09 bits per heavy atom. The maximum Gasteiger partial charge on any atom is 0.217 e. The summed E-state index contributed by atoms with van der Waals surface area (Å²) in [6, 6.07) is 38.1. The van der Waals surface area contributed by atoms with Gasteiger partial charge in [0, 0.05) is 50.9 Å². The lowest BCUT2D eigenvalue weighted by atomic mass is 9.80. The fraction of sp³-hybridized carbons (Fsp3) is 0.300. The molecule has 0 aromatic heterocycles. The van der Waals surface area contributed by atoms with Gasteiger partial charge >= 0.3 is 0 Å². The van der Waals surface area contributed by atoms with Crippen LogP contribution in [0.4, 0.5) is 11.4 Å². The summed E-state index contributed by atoms with van der Waals surface area (Å²) in [7, 11) is 0. The fourth-order valence-electron chi connectivity index (χ4n) is 9.12. The minimum Gasteiger partial charge on any atom is -0.343 e. The van der Waals surface area contributed by atoms with E-state index in [2.05, 4.69) is 178 Å². The second-order valence-corrected chi connectivity index (χ2v) is 17.1. The number of rotatable bonds is 9. The molecule has 0 saturated heterocycles. The van der Waals surface area contributed by atoms with Gasteiger partial charge in [-0.2, -0.15) is 4.58 Å². The summed E-state index contributed by atoms with van der Waals surface area (Å²) in [4.78, 5) is 5.33. The fourth-order valence-corrected chi connectivity index (χ4v) is 10.2. The highest BCUT2D eigenvalue weighted by molar-refractivity contribution is 8.03. The highest BCUT2D eigenvalue weighted by atomic mass is 32.2. The lowest BCUT2D eigenvalue weighted by Crippen LogP contribution is -2.28. The Hall–Kier alpha value is -4.60. The molecule has 0 unspecified atom stereocenters. The normalized spacial score (nSPS) is 19.4. The summed E-state index contributed by atoms with van der Waals surface area (Å²) in [6.07, 6.45) is 15.4. The van der Waals surface area contributed by atoms with Gasteiger partial charge < -0.3 is 4.90 Å². The van der Waals surface area contributed by atoms with Crippen LogP contribution >= 0.6 is 11.8 Å². The topological polar surface area (TPSA) is 6.25 Å². The number of thioether (sulfide) groups is 1. The van der Waals surface area contributed by atoms with E-state index in [9.17, 15) is 0 Å². The Kier molecular flexibility index (Phi) is 9.58. The van der Waals surface area contributed by atoms with Crippen molar-refractivity contribution in [2.75, 3.05) is 18.0 Å². The van der Waals surface area contributed by atoms with Crippen LogP contribution < -0.4 is 4.90 Å². The molecule has 53 heavy (non-hydrogen) atoms. The van der Waals surface area contributed by atoms with Crippen molar-refractivity contribution >= 4 is 50.4 Å². The van der Waals surface area contributed by atoms with Gasteiger partial charge in [0.2, 0.25) is 5.69 Å². The molecular formula is C50H53N2S+. The summed E-state index contributed by atoms with van der Waals surface area (Å²) in [5.41, 5.74) is 11.1. The molecule has 3 heteroatoms. The molecule has 0 amide bonds. The number of hydrogen-bond donors (Lipinski definition) is 0. The highest BCUT2D eigenvalue weighted by Crippen LogP contribution is 2.51. The van der Waals surface area contributed by atoms with Gasteiger partial charge in [0.05, 0.1) is 16.5 Å². The molecule has 8 rings (SSSR count). The van der Waals surface area contributed by atoms with Crippen LogP contribution in [0.15, 0.2) is 154 Å². The van der Waals surface area contributed by atoms with Crippen LogP contribution in [-0.4, -0.2) is 23.4 Å². The van der Waals surface area contributed by atoms with Gasteiger partial charge in [-0.25, -0.2) is 0 Å². The molecule has 5 aromatic rings. The maximum atomic E-state index is 2.62. The van der Waals surface area contributed by atoms with Crippen molar-refractivity contribution in [1.82, 2.24) is 0 Å². The van der Waals surface area contributed by atoms with Gasteiger partial charge in [-0.15, -0.1) is 0 Å². The van der Waals surface area contributed by atoms with E-state index in [1.807, 2.05) is 11.8 Å². The summed E-state index contributed by atoms with van der Waals surface area (Å²) < 4.78 is 2.62. The average Bonchev–Trinajstić information content (AvgIpc) is 3.52.